The largest absolute Gasteiger partial charge is 0.453 e. The molecule has 0 radical (unpaired) electrons. The molecule has 0 aliphatic carbocycles. The highest BCUT2D eigenvalue weighted by Gasteiger charge is 2.11. The van der Waals surface area contributed by atoms with Crippen molar-refractivity contribution in [3.05, 3.63) is 83.9 Å². The first-order valence-electron chi connectivity index (χ1n) is 6.57. The predicted octanol–water partition coefficient (Wildman–Crippen LogP) is 5.92. The van der Waals surface area contributed by atoms with Crippen LogP contribution in [0, 0.1) is 0 Å². The molecule has 3 rings (SSSR count). The minimum atomic E-state index is 0.507. The maximum Gasteiger partial charge on any atom is 0.188 e. The van der Waals surface area contributed by atoms with Gasteiger partial charge in [-0.05, 0) is 36.4 Å². The molecule has 0 amide bonds. The first-order valence-corrected chi connectivity index (χ1v) is 6.95. The number of ether oxygens (including phenoxy) is 2. The lowest BCUT2D eigenvalue weighted by Crippen LogP contribution is -1.91. The maximum absolute atomic E-state index is 6.24. The third-order valence-electron chi connectivity index (χ3n) is 2.86. The molecular weight excluding hydrogens is 284 g/mol. The van der Waals surface area contributed by atoms with Crippen LogP contribution in [0.3, 0.4) is 0 Å². The minimum Gasteiger partial charge on any atom is -0.453 e. The summed E-state index contributed by atoms with van der Waals surface area (Å²) in [7, 11) is 0. The van der Waals surface area contributed by atoms with Crippen LogP contribution in [0.4, 0.5) is 0 Å². The number of hydrogen-bond donors (Lipinski definition) is 0. The first kappa shape index (κ1) is 13.5. The molecule has 0 saturated carbocycles. The van der Waals surface area contributed by atoms with Crippen molar-refractivity contribution < 1.29 is 9.47 Å². The third-order valence-corrected chi connectivity index (χ3v) is 3.16. The standard InChI is InChI=1S/C18H13ClO2/c19-16-12-7-13-17(20-14-8-3-1-4-9-14)18(16)21-15-10-5-2-6-11-15/h1-13H. The lowest BCUT2D eigenvalue weighted by Gasteiger charge is -2.13. The Bertz CT molecular complexity index is 712. The van der Waals surface area contributed by atoms with Crippen LogP contribution in [-0.4, -0.2) is 0 Å². The van der Waals surface area contributed by atoms with Crippen LogP contribution in [0.5, 0.6) is 23.0 Å². The van der Waals surface area contributed by atoms with Crippen LogP contribution in [0.15, 0.2) is 78.9 Å². The molecule has 0 bridgehead atoms. The molecular formula is C18H13ClO2. The predicted molar refractivity (Wildman–Crippen MR) is 84.5 cm³/mol. The van der Waals surface area contributed by atoms with Crippen molar-refractivity contribution in [1.29, 1.82) is 0 Å². The molecule has 0 spiro atoms. The van der Waals surface area contributed by atoms with Gasteiger partial charge in [-0.2, -0.15) is 0 Å². The van der Waals surface area contributed by atoms with E-state index in [9.17, 15) is 0 Å². The molecule has 0 atom stereocenters. The molecule has 21 heavy (non-hydrogen) atoms. The smallest absolute Gasteiger partial charge is 0.188 e. The Labute approximate surface area is 128 Å². The van der Waals surface area contributed by atoms with Crippen LogP contribution in [0.25, 0.3) is 0 Å². The highest BCUT2D eigenvalue weighted by atomic mass is 35.5. The van der Waals surface area contributed by atoms with E-state index >= 15 is 0 Å². The van der Waals surface area contributed by atoms with Crippen molar-refractivity contribution >= 4 is 11.6 Å². The molecule has 3 heteroatoms. The van der Waals surface area contributed by atoms with E-state index < -0.39 is 0 Å². The number of rotatable bonds is 4. The van der Waals surface area contributed by atoms with E-state index in [1.165, 1.54) is 0 Å². The van der Waals surface area contributed by atoms with Crippen LogP contribution >= 0.6 is 11.6 Å². The average Bonchev–Trinajstić information content (AvgIpc) is 2.53. The third kappa shape index (κ3) is 3.36. The molecule has 0 unspecified atom stereocenters. The van der Waals surface area contributed by atoms with Crippen LogP contribution < -0.4 is 9.47 Å². The summed E-state index contributed by atoms with van der Waals surface area (Å²) >= 11 is 6.24. The molecule has 0 aliphatic heterocycles. The maximum atomic E-state index is 6.24. The molecule has 0 fully saturated rings. The molecule has 0 heterocycles. The summed E-state index contributed by atoms with van der Waals surface area (Å²) in [5.74, 6) is 2.54. The summed E-state index contributed by atoms with van der Waals surface area (Å²) in [4.78, 5) is 0. The fraction of sp³-hybridized carbons (Fsp3) is 0. The van der Waals surface area contributed by atoms with Gasteiger partial charge >= 0.3 is 0 Å². The van der Waals surface area contributed by atoms with E-state index in [1.807, 2.05) is 72.8 Å². The summed E-state index contributed by atoms with van der Waals surface area (Å²) in [5, 5.41) is 0.507. The highest BCUT2D eigenvalue weighted by Crippen LogP contribution is 2.40. The van der Waals surface area contributed by atoms with E-state index in [0.717, 1.165) is 5.75 Å². The van der Waals surface area contributed by atoms with Gasteiger partial charge in [-0.3, -0.25) is 0 Å². The number of benzene rings is 3. The topological polar surface area (TPSA) is 18.5 Å². The molecule has 0 saturated heterocycles. The summed E-state index contributed by atoms with van der Waals surface area (Å²) in [6.45, 7) is 0. The van der Waals surface area contributed by atoms with Crippen molar-refractivity contribution in [3.63, 3.8) is 0 Å². The Morgan fingerprint density at radius 3 is 1.76 bits per heavy atom. The van der Waals surface area contributed by atoms with Crippen molar-refractivity contribution in [2.75, 3.05) is 0 Å². The molecule has 2 nitrogen and oxygen atoms in total. The van der Waals surface area contributed by atoms with E-state index in [0.29, 0.717) is 22.3 Å². The van der Waals surface area contributed by atoms with Gasteiger partial charge < -0.3 is 9.47 Å². The Balaban J connectivity index is 1.92. The Morgan fingerprint density at radius 1 is 0.571 bits per heavy atom. The van der Waals surface area contributed by atoms with Gasteiger partial charge in [0.25, 0.3) is 0 Å². The highest BCUT2D eigenvalue weighted by molar-refractivity contribution is 6.32. The second-order valence-corrected chi connectivity index (χ2v) is 4.80. The second kappa shape index (κ2) is 6.33. The summed E-state index contributed by atoms with van der Waals surface area (Å²) < 4.78 is 11.7. The van der Waals surface area contributed by atoms with Crippen molar-refractivity contribution in [2.24, 2.45) is 0 Å². The van der Waals surface area contributed by atoms with E-state index in [1.54, 1.807) is 6.07 Å². The monoisotopic (exact) mass is 296 g/mol. The van der Waals surface area contributed by atoms with Gasteiger partial charge in [-0.1, -0.05) is 54.1 Å². The van der Waals surface area contributed by atoms with E-state index in [2.05, 4.69) is 0 Å². The van der Waals surface area contributed by atoms with Crippen LogP contribution in [0.1, 0.15) is 0 Å². The SMILES string of the molecule is Clc1cccc(Oc2ccccc2)c1Oc1ccccc1. The fourth-order valence-corrected chi connectivity index (χ4v) is 2.09. The van der Waals surface area contributed by atoms with Crippen molar-refractivity contribution in [1.82, 2.24) is 0 Å². The molecule has 0 aliphatic rings. The van der Waals surface area contributed by atoms with E-state index in [-0.39, 0.29) is 0 Å². The fourth-order valence-electron chi connectivity index (χ4n) is 1.89. The van der Waals surface area contributed by atoms with Gasteiger partial charge in [0.15, 0.2) is 11.5 Å². The Kier molecular flexibility index (Phi) is 4.08. The lowest BCUT2D eigenvalue weighted by molar-refractivity contribution is 0.419. The van der Waals surface area contributed by atoms with Gasteiger partial charge in [0.2, 0.25) is 0 Å². The van der Waals surface area contributed by atoms with E-state index in [4.69, 9.17) is 21.1 Å². The Hall–Kier alpha value is -2.45. The van der Waals surface area contributed by atoms with Gasteiger partial charge in [0, 0.05) is 0 Å². The molecule has 3 aromatic rings. The quantitative estimate of drug-likeness (QED) is 0.594. The average molecular weight is 297 g/mol. The van der Waals surface area contributed by atoms with Gasteiger partial charge in [0.1, 0.15) is 11.5 Å². The minimum absolute atomic E-state index is 0.507. The lowest BCUT2D eigenvalue weighted by atomic mass is 10.3. The zero-order valence-electron chi connectivity index (χ0n) is 11.2. The van der Waals surface area contributed by atoms with Gasteiger partial charge in [-0.25, -0.2) is 0 Å². The molecule has 0 N–H and O–H groups in total. The summed E-state index contributed by atoms with van der Waals surface area (Å²) in [6, 6.07) is 24.5. The number of halogens is 1. The zero-order valence-corrected chi connectivity index (χ0v) is 12.0. The second-order valence-electron chi connectivity index (χ2n) is 4.40. The molecule has 3 aromatic carbocycles. The molecule has 104 valence electrons. The Morgan fingerprint density at radius 2 is 1.14 bits per heavy atom. The summed E-state index contributed by atoms with van der Waals surface area (Å²) in [6.07, 6.45) is 0. The van der Waals surface area contributed by atoms with Crippen molar-refractivity contribution in [3.8, 4) is 23.0 Å². The summed E-state index contributed by atoms with van der Waals surface area (Å²) in [5.41, 5.74) is 0. The first-order chi connectivity index (χ1) is 10.3. The van der Waals surface area contributed by atoms with Crippen molar-refractivity contribution in [2.45, 2.75) is 0 Å². The van der Waals surface area contributed by atoms with Crippen LogP contribution in [-0.2, 0) is 0 Å². The van der Waals surface area contributed by atoms with Gasteiger partial charge in [-0.15, -0.1) is 0 Å². The normalized spacial score (nSPS) is 10.1. The zero-order chi connectivity index (χ0) is 14.5. The van der Waals surface area contributed by atoms with Gasteiger partial charge in [0.05, 0.1) is 5.02 Å². The number of para-hydroxylation sites is 3. The number of hydrogen-bond acceptors (Lipinski definition) is 2. The molecule has 0 aromatic heterocycles. The van der Waals surface area contributed by atoms with Crippen LogP contribution in [0.2, 0.25) is 5.02 Å².